The summed E-state index contributed by atoms with van der Waals surface area (Å²) in [5.74, 6) is -4.80. The Morgan fingerprint density at radius 2 is 1.05 bits per heavy atom. The lowest BCUT2D eigenvalue weighted by atomic mass is 10.0. The van der Waals surface area contributed by atoms with Gasteiger partial charge in [-0.1, -0.05) is 46.9 Å². The van der Waals surface area contributed by atoms with E-state index in [-0.39, 0.29) is 46.7 Å². The summed E-state index contributed by atoms with van der Waals surface area (Å²) in [6, 6.07) is 13.1. The molecule has 4 N–H and O–H groups in total. The Balaban J connectivity index is 0.000000313. The van der Waals surface area contributed by atoms with E-state index in [0.29, 0.717) is 20.1 Å². The Morgan fingerprint density at radius 3 is 1.41 bits per heavy atom. The molecule has 0 bridgehead atoms. The minimum Gasteiger partial charge on any atom is -0.481 e. The molecule has 0 fully saturated rings. The fourth-order valence-corrected chi connectivity index (χ4v) is 3.93. The van der Waals surface area contributed by atoms with Crippen LogP contribution in [-0.4, -0.2) is 56.9 Å². The molecular formula is C27H22BrCl3O10. The monoisotopic (exact) mass is 690 g/mol. The van der Waals surface area contributed by atoms with Gasteiger partial charge in [0.15, 0.2) is 0 Å². The van der Waals surface area contributed by atoms with Crippen molar-refractivity contribution in [2.45, 2.75) is 19.8 Å². The number of aromatic carboxylic acids is 3. The van der Waals surface area contributed by atoms with Crippen molar-refractivity contribution in [1.29, 1.82) is 0 Å². The SMILES string of the molecule is CCOC(=O)Cc1ccc(Cl)cc1C(=O)O.O=C(O)Cc1ccc(Cl)cc1C(=O)O.O=C(O)c1cc(Cl)ccc1Br. The first-order valence-electron chi connectivity index (χ1n) is 11.2. The molecule has 0 saturated heterocycles. The first-order chi connectivity index (χ1) is 19.2. The zero-order valence-electron chi connectivity index (χ0n) is 21.1. The highest BCUT2D eigenvalue weighted by Gasteiger charge is 2.15. The molecule has 3 rings (SSSR count). The maximum atomic E-state index is 11.2. The lowest BCUT2D eigenvalue weighted by Crippen LogP contribution is -2.11. The van der Waals surface area contributed by atoms with Crippen LogP contribution < -0.4 is 0 Å². The van der Waals surface area contributed by atoms with E-state index in [2.05, 4.69) is 15.9 Å². The number of halogens is 4. The van der Waals surface area contributed by atoms with Gasteiger partial charge in [-0.15, -0.1) is 0 Å². The number of aliphatic carboxylic acids is 1. The van der Waals surface area contributed by atoms with Crippen LogP contribution in [0.3, 0.4) is 0 Å². The summed E-state index contributed by atoms with van der Waals surface area (Å²) >= 11 is 19.9. The number of hydrogen-bond donors (Lipinski definition) is 4. The van der Waals surface area contributed by atoms with Crippen molar-refractivity contribution in [3.8, 4) is 0 Å². The van der Waals surface area contributed by atoms with Crippen molar-refractivity contribution in [2.24, 2.45) is 0 Å². The Hall–Kier alpha value is -3.64. The van der Waals surface area contributed by atoms with Crippen molar-refractivity contribution in [3.63, 3.8) is 0 Å². The first kappa shape index (κ1) is 35.4. The topological polar surface area (TPSA) is 176 Å². The molecule has 0 aliphatic carbocycles. The second-order valence-electron chi connectivity index (χ2n) is 7.69. The molecule has 0 spiro atoms. The second kappa shape index (κ2) is 17.2. The molecule has 0 radical (unpaired) electrons. The van der Waals surface area contributed by atoms with Crippen molar-refractivity contribution in [2.75, 3.05) is 6.61 Å². The standard InChI is InChI=1S/C11H11ClO4.C9H7ClO4.C7H4BrClO2/c1-2-16-10(13)5-7-3-4-8(12)6-9(7)11(14)15;10-6-2-1-5(3-8(11)12)7(4-6)9(13)14;8-6-2-1-4(9)3-5(6)7(10)11/h3-4,6H,2,5H2,1H3,(H,14,15);1-2,4H,3H2,(H,11,12)(H,13,14);1-3H,(H,10,11). The third kappa shape index (κ3) is 12.6. The predicted molar refractivity (Wildman–Crippen MR) is 155 cm³/mol. The number of carboxylic acids is 4. The number of carbonyl (C=O) groups excluding carboxylic acids is 1. The molecule has 10 nitrogen and oxygen atoms in total. The molecule has 0 saturated carbocycles. The number of carbonyl (C=O) groups is 5. The Kier molecular flexibility index (Phi) is 14.9. The Morgan fingerprint density at radius 1 is 0.659 bits per heavy atom. The highest BCUT2D eigenvalue weighted by molar-refractivity contribution is 9.10. The number of esters is 1. The van der Waals surface area contributed by atoms with Crippen LogP contribution in [0.15, 0.2) is 59.1 Å². The van der Waals surface area contributed by atoms with Gasteiger partial charge >= 0.3 is 29.8 Å². The van der Waals surface area contributed by atoms with E-state index >= 15 is 0 Å². The van der Waals surface area contributed by atoms with Crippen LogP contribution in [0.5, 0.6) is 0 Å². The predicted octanol–water partition coefficient (Wildman–Crippen LogP) is 6.61. The third-order valence-electron chi connectivity index (χ3n) is 4.75. The molecule has 3 aromatic rings. The van der Waals surface area contributed by atoms with Gasteiger partial charge in [0, 0.05) is 19.5 Å². The van der Waals surface area contributed by atoms with Crippen LogP contribution in [0, 0.1) is 0 Å². The number of rotatable bonds is 8. The van der Waals surface area contributed by atoms with E-state index in [9.17, 15) is 24.0 Å². The minimum atomic E-state index is -1.18. The van der Waals surface area contributed by atoms with Crippen LogP contribution in [0.25, 0.3) is 0 Å². The van der Waals surface area contributed by atoms with Crippen molar-refractivity contribution in [3.05, 3.63) is 102 Å². The maximum Gasteiger partial charge on any atom is 0.336 e. The van der Waals surface area contributed by atoms with Gasteiger partial charge in [-0.2, -0.15) is 0 Å². The summed E-state index contributed by atoms with van der Waals surface area (Å²) in [5, 5.41) is 35.8. The number of benzene rings is 3. The van der Waals surface area contributed by atoms with Crippen molar-refractivity contribution in [1.82, 2.24) is 0 Å². The molecule has 3 aromatic carbocycles. The normalized spacial score (nSPS) is 9.78. The highest BCUT2D eigenvalue weighted by Crippen LogP contribution is 2.21. The average Bonchev–Trinajstić information content (AvgIpc) is 2.88. The molecule has 0 atom stereocenters. The maximum absolute atomic E-state index is 11.2. The first-order valence-corrected chi connectivity index (χ1v) is 13.2. The van der Waals surface area contributed by atoms with E-state index in [1.165, 1.54) is 36.4 Å². The van der Waals surface area contributed by atoms with Gasteiger partial charge in [0.1, 0.15) is 0 Å². The summed E-state index contributed by atoms with van der Waals surface area (Å²) in [4.78, 5) is 53.7. The lowest BCUT2D eigenvalue weighted by Gasteiger charge is -2.06. The van der Waals surface area contributed by atoms with E-state index in [1.54, 1.807) is 25.1 Å². The molecule has 0 aromatic heterocycles. The number of carboxylic acid groups (broad SMARTS) is 4. The molecule has 0 amide bonds. The molecule has 0 unspecified atom stereocenters. The summed E-state index contributed by atoms with van der Waals surface area (Å²) < 4.78 is 5.28. The number of hydrogen-bond acceptors (Lipinski definition) is 6. The molecule has 218 valence electrons. The van der Waals surface area contributed by atoms with Gasteiger partial charge in [-0.05, 0) is 76.4 Å². The van der Waals surface area contributed by atoms with E-state index in [0.717, 1.165) is 0 Å². The van der Waals surface area contributed by atoms with Crippen molar-refractivity contribution < 1.29 is 49.1 Å². The molecule has 0 aliphatic heterocycles. The fourth-order valence-electron chi connectivity index (χ4n) is 3.00. The smallest absolute Gasteiger partial charge is 0.336 e. The highest BCUT2D eigenvalue weighted by atomic mass is 79.9. The van der Waals surface area contributed by atoms with Gasteiger partial charge in [0.25, 0.3) is 0 Å². The van der Waals surface area contributed by atoms with Gasteiger partial charge in [0.2, 0.25) is 0 Å². The zero-order valence-corrected chi connectivity index (χ0v) is 24.9. The van der Waals surface area contributed by atoms with Crippen LogP contribution in [0.4, 0.5) is 0 Å². The zero-order chi connectivity index (χ0) is 31.3. The molecule has 14 heteroatoms. The fraction of sp³-hybridized carbons (Fsp3) is 0.148. The number of ether oxygens (including phenoxy) is 1. The van der Waals surface area contributed by atoms with Gasteiger partial charge in [0.05, 0.1) is 36.1 Å². The lowest BCUT2D eigenvalue weighted by molar-refractivity contribution is -0.142. The van der Waals surface area contributed by atoms with E-state index in [4.69, 9.17) is 60.0 Å². The third-order valence-corrected chi connectivity index (χ3v) is 6.14. The van der Waals surface area contributed by atoms with Crippen LogP contribution in [0.2, 0.25) is 15.1 Å². The molecule has 0 heterocycles. The van der Waals surface area contributed by atoms with E-state index < -0.39 is 29.8 Å². The quantitative estimate of drug-likeness (QED) is 0.188. The van der Waals surface area contributed by atoms with E-state index in [1.807, 2.05) is 0 Å². The Bertz CT molecular complexity index is 1440. The molecular weight excluding hydrogens is 671 g/mol. The summed E-state index contributed by atoms with van der Waals surface area (Å²) in [7, 11) is 0. The van der Waals surface area contributed by atoms with Crippen LogP contribution in [0.1, 0.15) is 49.1 Å². The summed E-state index contributed by atoms with van der Waals surface area (Å²) in [6.07, 6.45) is -0.383. The minimum absolute atomic E-state index is 0.0283. The van der Waals surface area contributed by atoms with Crippen LogP contribution >= 0.6 is 50.7 Å². The summed E-state index contributed by atoms with van der Waals surface area (Å²) in [5.41, 5.74) is 0.780. The largest absolute Gasteiger partial charge is 0.481 e. The molecule has 41 heavy (non-hydrogen) atoms. The second-order valence-corrected chi connectivity index (χ2v) is 9.86. The molecule has 0 aliphatic rings. The van der Waals surface area contributed by atoms with Crippen molar-refractivity contribution >= 4 is 80.6 Å². The Labute approximate surface area is 257 Å². The average molecular weight is 693 g/mol. The van der Waals surface area contributed by atoms with Gasteiger partial charge in [-0.25, -0.2) is 14.4 Å². The van der Waals surface area contributed by atoms with Gasteiger partial charge < -0.3 is 25.2 Å². The summed E-state index contributed by atoms with van der Waals surface area (Å²) in [6.45, 7) is 1.96. The van der Waals surface area contributed by atoms with Gasteiger partial charge in [-0.3, -0.25) is 9.59 Å². The van der Waals surface area contributed by atoms with Crippen LogP contribution in [-0.2, 0) is 27.2 Å².